The van der Waals surface area contributed by atoms with Crippen LogP contribution < -0.4 is 10.6 Å². The number of ether oxygens (including phenoxy) is 2. The van der Waals surface area contributed by atoms with E-state index in [2.05, 4.69) is 15.6 Å². The van der Waals surface area contributed by atoms with Crippen LogP contribution in [-0.4, -0.2) is 69.5 Å². The van der Waals surface area contributed by atoms with Gasteiger partial charge in [0.2, 0.25) is 0 Å². The molecule has 0 aromatic carbocycles. The lowest BCUT2D eigenvalue weighted by atomic mass is 10.2. The Bertz CT molecular complexity index is 395. The molecule has 8 heteroatoms. The van der Waals surface area contributed by atoms with E-state index >= 15 is 0 Å². The van der Waals surface area contributed by atoms with Gasteiger partial charge in [0.05, 0.1) is 6.61 Å². The molecular weight excluding hydrogens is 423 g/mol. The normalized spacial score (nSPS) is 14.6. The van der Waals surface area contributed by atoms with Gasteiger partial charge in [-0.2, -0.15) is 0 Å². The Hall–Kier alpha value is -0.770. The van der Waals surface area contributed by atoms with Gasteiger partial charge in [-0.05, 0) is 39.5 Å². The van der Waals surface area contributed by atoms with Crippen LogP contribution in [0.25, 0.3) is 0 Å². The molecule has 0 aromatic rings. The zero-order valence-corrected chi connectivity index (χ0v) is 17.9. The molecule has 0 bridgehead atoms. The smallest absolute Gasteiger partial charge is 0.407 e. The molecule has 1 rings (SSSR count). The van der Waals surface area contributed by atoms with Crippen molar-refractivity contribution in [3.63, 3.8) is 0 Å². The standard InChI is InChI=1S/C16H32N4O3.HI/c1-16(2,3)23-15(21)19-9-8-18-14(17-4)20(5)10-11-22-12-13-6-7-13;/h13H,6-12H2,1-5H3,(H,17,18)(H,19,21);1H. The molecule has 0 aromatic heterocycles. The molecule has 0 aliphatic heterocycles. The summed E-state index contributed by atoms with van der Waals surface area (Å²) in [5.74, 6) is 1.57. The van der Waals surface area contributed by atoms with Crippen molar-refractivity contribution >= 4 is 36.0 Å². The highest BCUT2D eigenvalue weighted by Gasteiger charge is 2.21. The maximum atomic E-state index is 11.5. The molecule has 0 spiro atoms. The number of halogens is 1. The summed E-state index contributed by atoms with van der Waals surface area (Å²) in [6.07, 6.45) is 2.21. The second-order valence-electron chi connectivity index (χ2n) is 6.84. The average Bonchev–Trinajstić information content (AvgIpc) is 3.25. The van der Waals surface area contributed by atoms with Gasteiger partial charge in [-0.3, -0.25) is 4.99 Å². The molecule has 1 amide bonds. The van der Waals surface area contributed by atoms with Crippen molar-refractivity contribution in [2.45, 2.75) is 39.2 Å². The Kier molecular flexibility index (Phi) is 11.4. The first kappa shape index (κ1) is 23.2. The largest absolute Gasteiger partial charge is 0.444 e. The van der Waals surface area contributed by atoms with Gasteiger partial charge in [-0.1, -0.05) is 0 Å². The predicted molar refractivity (Wildman–Crippen MR) is 107 cm³/mol. The maximum Gasteiger partial charge on any atom is 0.407 e. The fraction of sp³-hybridized carbons (Fsp3) is 0.875. The van der Waals surface area contributed by atoms with Crippen LogP contribution in [0.3, 0.4) is 0 Å². The molecule has 1 aliphatic carbocycles. The van der Waals surface area contributed by atoms with E-state index in [1.165, 1.54) is 12.8 Å². The fourth-order valence-corrected chi connectivity index (χ4v) is 1.88. The Balaban J connectivity index is 0.00000529. The summed E-state index contributed by atoms with van der Waals surface area (Å²) in [5, 5.41) is 5.91. The lowest BCUT2D eigenvalue weighted by molar-refractivity contribution is 0.0529. The highest BCUT2D eigenvalue weighted by molar-refractivity contribution is 14.0. The zero-order chi connectivity index (χ0) is 17.3. The predicted octanol–water partition coefficient (Wildman–Crippen LogP) is 2.06. The number of hydrogen-bond acceptors (Lipinski definition) is 4. The molecule has 0 unspecified atom stereocenters. The van der Waals surface area contributed by atoms with Crippen LogP contribution in [0.5, 0.6) is 0 Å². The van der Waals surface area contributed by atoms with Gasteiger partial charge < -0.3 is 25.0 Å². The number of nitrogens with one attached hydrogen (secondary N) is 2. The van der Waals surface area contributed by atoms with Gasteiger partial charge in [0.1, 0.15) is 5.60 Å². The molecule has 1 saturated carbocycles. The fourth-order valence-electron chi connectivity index (χ4n) is 1.88. The number of hydrogen-bond donors (Lipinski definition) is 2. The summed E-state index contributed by atoms with van der Waals surface area (Å²) in [5.41, 5.74) is -0.478. The molecule has 7 nitrogen and oxygen atoms in total. The third kappa shape index (κ3) is 11.7. The van der Waals surface area contributed by atoms with E-state index in [-0.39, 0.29) is 24.0 Å². The Morgan fingerprint density at radius 1 is 1.25 bits per heavy atom. The highest BCUT2D eigenvalue weighted by atomic mass is 127. The second kappa shape index (κ2) is 11.7. The van der Waals surface area contributed by atoms with Gasteiger partial charge in [0, 0.05) is 40.3 Å². The van der Waals surface area contributed by atoms with Crippen LogP contribution in [0, 0.1) is 5.92 Å². The number of likely N-dealkylation sites (N-methyl/N-ethyl adjacent to an activating group) is 1. The molecule has 0 heterocycles. The van der Waals surface area contributed by atoms with Crippen LogP contribution in [0.4, 0.5) is 4.79 Å². The Morgan fingerprint density at radius 3 is 2.42 bits per heavy atom. The van der Waals surface area contributed by atoms with E-state index in [4.69, 9.17) is 9.47 Å². The summed E-state index contributed by atoms with van der Waals surface area (Å²) >= 11 is 0. The van der Waals surface area contributed by atoms with Crippen molar-refractivity contribution in [2.75, 3.05) is 46.9 Å². The van der Waals surface area contributed by atoms with E-state index in [0.717, 1.165) is 25.0 Å². The topological polar surface area (TPSA) is 75.2 Å². The summed E-state index contributed by atoms with van der Waals surface area (Å²) in [4.78, 5) is 17.8. The second-order valence-corrected chi connectivity index (χ2v) is 6.84. The van der Waals surface area contributed by atoms with Crippen LogP contribution in [0.2, 0.25) is 0 Å². The third-order valence-corrected chi connectivity index (χ3v) is 3.27. The summed E-state index contributed by atoms with van der Waals surface area (Å²) in [7, 11) is 3.71. The number of rotatable bonds is 8. The lowest BCUT2D eigenvalue weighted by Gasteiger charge is -2.22. The van der Waals surface area contributed by atoms with Crippen LogP contribution in [0.1, 0.15) is 33.6 Å². The first-order valence-electron chi connectivity index (χ1n) is 8.28. The summed E-state index contributed by atoms with van der Waals surface area (Å²) in [6, 6.07) is 0. The number of carbonyl (C=O) groups is 1. The quantitative estimate of drug-likeness (QED) is 0.253. The highest BCUT2D eigenvalue weighted by Crippen LogP contribution is 2.28. The Labute approximate surface area is 162 Å². The van der Waals surface area contributed by atoms with Crippen molar-refractivity contribution in [1.82, 2.24) is 15.5 Å². The number of carbonyl (C=O) groups excluding carboxylic acids is 1. The zero-order valence-electron chi connectivity index (χ0n) is 15.6. The van der Waals surface area contributed by atoms with E-state index < -0.39 is 11.7 Å². The first-order valence-corrected chi connectivity index (χ1v) is 8.28. The number of alkyl carbamates (subject to hydrolysis) is 1. The van der Waals surface area contributed by atoms with Crippen molar-refractivity contribution in [3.8, 4) is 0 Å². The Morgan fingerprint density at radius 2 is 1.88 bits per heavy atom. The minimum atomic E-state index is -0.478. The van der Waals surface area contributed by atoms with Crippen molar-refractivity contribution in [2.24, 2.45) is 10.9 Å². The van der Waals surface area contributed by atoms with Crippen molar-refractivity contribution in [3.05, 3.63) is 0 Å². The molecule has 1 aliphatic rings. The average molecular weight is 456 g/mol. The molecule has 1 fully saturated rings. The number of nitrogens with zero attached hydrogens (tertiary/aromatic N) is 2. The molecule has 142 valence electrons. The minimum Gasteiger partial charge on any atom is -0.444 e. The van der Waals surface area contributed by atoms with Gasteiger partial charge in [-0.15, -0.1) is 24.0 Å². The minimum absolute atomic E-state index is 0. The van der Waals surface area contributed by atoms with Gasteiger partial charge in [0.15, 0.2) is 5.96 Å². The van der Waals surface area contributed by atoms with Gasteiger partial charge in [0.25, 0.3) is 0 Å². The third-order valence-electron chi connectivity index (χ3n) is 3.27. The van der Waals surface area contributed by atoms with E-state index in [1.807, 2.05) is 32.7 Å². The van der Waals surface area contributed by atoms with Crippen LogP contribution >= 0.6 is 24.0 Å². The van der Waals surface area contributed by atoms with Gasteiger partial charge in [-0.25, -0.2) is 4.79 Å². The van der Waals surface area contributed by atoms with Crippen LogP contribution in [0.15, 0.2) is 4.99 Å². The molecule has 24 heavy (non-hydrogen) atoms. The number of amides is 1. The lowest BCUT2D eigenvalue weighted by Crippen LogP contribution is -2.44. The van der Waals surface area contributed by atoms with E-state index in [9.17, 15) is 4.79 Å². The number of aliphatic imine (C=N–C) groups is 1. The number of guanidine groups is 1. The summed E-state index contributed by atoms with van der Waals surface area (Å²) < 4.78 is 10.8. The molecular formula is C16H33IN4O3. The van der Waals surface area contributed by atoms with E-state index in [1.54, 1.807) is 7.05 Å². The SMILES string of the molecule is CN=C(NCCNC(=O)OC(C)(C)C)N(C)CCOCC1CC1.I. The summed E-state index contributed by atoms with van der Waals surface area (Å²) in [6.45, 7) is 8.93. The van der Waals surface area contributed by atoms with Crippen LogP contribution in [-0.2, 0) is 9.47 Å². The maximum absolute atomic E-state index is 11.5. The first-order chi connectivity index (χ1) is 10.8. The molecule has 0 atom stereocenters. The van der Waals surface area contributed by atoms with Gasteiger partial charge >= 0.3 is 6.09 Å². The molecule has 0 radical (unpaired) electrons. The molecule has 0 saturated heterocycles. The molecule has 2 N–H and O–H groups in total. The monoisotopic (exact) mass is 456 g/mol. The van der Waals surface area contributed by atoms with E-state index in [0.29, 0.717) is 19.7 Å². The van der Waals surface area contributed by atoms with Crippen molar-refractivity contribution < 1.29 is 14.3 Å². The van der Waals surface area contributed by atoms with Crippen molar-refractivity contribution in [1.29, 1.82) is 0 Å².